The summed E-state index contributed by atoms with van der Waals surface area (Å²) in [5.74, 6) is 4.58. The summed E-state index contributed by atoms with van der Waals surface area (Å²) in [6, 6.07) is 1.57. The second kappa shape index (κ2) is 3.59. The molecular weight excluding hydrogens is 166 g/mol. The molecule has 3 unspecified atom stereocenters. The Morgan fingerprint density at radius 2 is 2.08 bits per heavy atom. The Bertz CT molecular complexity index is 156. The number of hydrogen-bond acceptors (Lipinski definition) is 2. The first-order valence-corrected chi connectivity index (χ1v) is 6.26. The van der Waals surface area contributed by atoms with Crippen LogP contribution in [0.25, 0.3) is 0 Å². The highest BCUT2D eigenvalue weighted by atomic mass is 32.2. The summed E-state index contributed by atoms with van der Waals surface area (Å²) in [6.45, 7) is 4.73. The molecule has 2 heteroatoms. The van der Waals surface area contributed by atoms with E-state index < -0.39 is 0 Å². The van der Waals surface area contributed by atoms with E-state index in [0.717, 1.165) is 23.9 Å². The predicted octanol–water partition coefficient (Wildman–Crippen LogP) is 2.13. The van der Waals surface area contributed by atoms with E-state index in [-0.39, 0.29) is 0 Å². The first-order valence-electron chi connectivity index (χ1n) is 5.11. The Hall–Kier alpha value is 0.310. The minimum Gasteiger partial charge on any atom is -0.310 e. The summed E-state index contributed by atoms with van der Waals surface area (Å²) >= 11 is 2.10. The highest BCUT2D eigenvalue weighted by Gasteiger charge is 2.32. The van der Waals surface area contributed by atoms with E-state index in [1.165, 1.54) is 24.3 Å². The Balaban J connectivity index is 1.76. The van der Waals surface area contributed by atoms with Crippen molar-refractivity contribution in [3.8, 4) is 0 Å². The Morgan fingerprint density at radius 1 is 1.33 bits per heavy atom. The van der Waals surface area contributed by atoms with Crippen molar-refractivity contribution in [3.63, 3.8) is 0 Å². The van der Waals surface area contributed by atoms with Gasteiger partial charge in [0, 0.05) is 17.8 Å². The van der Waals surface area contributed by atoms with Crippen LogP contribution in [0.4, 0.5) is 0 Å². The van der Waals surface area contributed by atoms with Gasteiger partial charge in [0.1, 0.15) is 0 Å². The summed E-state index contributed by atoms with van der Waals surface area (Å²) in [6.07, 6.45) is 2.92. The van der Waals surface area contributed by atoms with Crippen molar-refractivity contribution >= 4 is 11.8 Å². The van der Waals surface area contributed by atoms with Crippen molar-refractivity contribution in [1.29, 1.82) is 0 Å². The van der Waals surface area contributed by atoms with E-state index in [4.69, 9.17) is 0 Å². The predicted molar refractivity (Wildman–Crippen MR) is 55.6 cm³/mol. The maximum absolute atomic E-state index is 3.77. The monoisotopic (exact) mass is 185 g/mol. The summed E-state index contributed by atoms with van der Waals surface area (Å²) in [5.41, 5.74) is 0. The maximum Gasteiger partial charge on any atom is 0.0194 e. The fourth-order valence-corrected chi connectivity index (χ4v) is 3.36. The summed E-state index contributed by atoms with van der Waals surface area (Å²) in [4.78, 5) is 0. The van der Waals surface area contributed by atoms with E-state index in [9.17, 15) is 0 Å². The van der Waals surface area contributed by atoms with Crippen LogP contribution in [-0.2, 0) is 0 Å². The Labute approximate surface area is 79.7 Å². The van der Waals surface area contributed by atoms with Crippen LogP contribution in [0.5, 0.6) is 0 Å². The number of hydrogen-bond donors (Lipinski definition) is 1. The van der Waals surface area contributed by atoms with Crippen LogP contribution in [0.2, 0.25) is 0 Å². The average molecular weight is 185 g/mol. The lowest BCUT2D eigenvalue weighted by Gasteiger charge is -2.21. The largest absolute Gasteiger partial charge is 0.310 e. The first kappa shape index (κ1) is 8.89. The standard InChI is InChI=1S/C10H19NS/c1-7-5-12-6-10(7)11-8(2)9-3-4-9/h7-11H,3-6H2,1-2H3. The van der Waals surface area contributed by atoms with Gasteiger partial charge in [-0.05, 0) is 37.4 Å². The molecule has 2 rings (SSSR count). The molecule has 3 atom stereocenters. The van der Waals surface area contributed by atoms with Gasteiger partial charge in [-0.15, -0.1) is 0 Å². The van der Waals surface area contributed by atoms with Gasteiger partial charge in [0.05, 0.1) is 0 Å². The lowest BCUT2D eigenvalue weighted by Crippen LogP contribution is -2.41. The fraction of sp³-hybridized carbons (Fsp3) is 1.00. The molecule has 1 heterocycles. The molecule has 1 N–H and O–H groups in total. The second-order valence-electron chi connectivity index (χ2n) is 4.41. The fourth-order valence-electron chi connectivity index (χ4n) is 1.94. The molecule has 70 valence electrons. The van der Waals surface area contributed by atoms with Crippen LogP contribution < -0.4 is 5.32 Å². The van der Waals surface area contributed by atoms with Gasteiger partial charge in [0.2, 0.25) is 0 Å². The van der Waals surface area contributed by atoms with Gasteiger partial charge in [-0.25, -0.2) is 0 Å². The molecule has 0 aromatic carbocycles. The lowest BCUT2D eigenvalue weighted by atomic mass is 10.0. The van der Waals surface area contributed by atoms with E-state index in [0.29, 0.717) is 0 Å². The van der Waals surface area contributed by atoms with Gasteiger partial charge < -0.3 is 5.32 Å². The zero-order valence-corrected chi connectivity index (χ0v) is 8.86. The van der Waals surface area contributed by atoms with E-state index >= 15 is 0 Å². The van der Waals surface area contributed by atoms with Crippen molar-refractivity contribution < 1.29 is 0 Å². The van der Waals surface area contributed by atoms with Crippen LogP contribution in [0.15, 0.2) is 0 Å². The summed E-state index contributed by atoms with van der Waals surface area (Å²) in [7, 11) is 0. The molecule has 2 aliphatic rings. The summed E-state index contributed by atoms with van der Waals surface area (Å²) < 4.78 is 0. The second-order valence-corrected chi connectivity index (χ2v) is 5.49. The summed E-state index contributed by atoms with van der Waals surface area (Å²) in [5, 5.41) is 3.77. The highest BCUT2D eigenvalue weighted by Crippen LogP contribution is 2.33. The van der Waals surface area contributed by atoms with E-state index in [1.54, 1.807) is 0 Å². The van der Waals surface area contributed by atoms with Crippen molar-refractivity contribution in [3.05, 3.63) is 0 Å². The third-order valence-corrected chi connectivity index (χ3v) is 4.53. The molecule has 1 nitrogen and oxygen atoms in total. The normalized spacial score (nSPS) is 38.5. The Morgan fingerprint density at radius 3 is 2.58 bits per heavy atom. The molecule has 0 spiro atoms. The van der Waals surface area contributed by atoms with E-state index in [1.807, 2.05) is 0 Å². The zero-order valence-electron chi connectivity index (χ0n) is 8.05. The molecule has 0 aromatic heterocycles. The van der Waals surface area contributed by atoms with Crippen molar-refractivity contribution in [2.75, 3.05) is 11.5 Å². The molecule has 12 heavy (non-hydrogen) atoms. The highest BCUT2D eigenvalue weighted by molar-refractivity contribution is 7.99. The maximum atomic E-state index is 3.77. The molecule has 0 radical (unpaired) electrons. The molecule has 0 aromatic rings. The average Bonchev–Trinajstić information content (AvgIpc) is 2.80. The number of nitrogens with one attached hydrogen (secondary N) is 1. The van der Waals surface area contributed by atoms with Gasteiger partial charge >= 0.3 is 0 Å². The van der Waals surface area contributed by atoms with Crippen LogP contribution in [0, 0.1) is 11.8 Å². The van der Waals surface area contributed by atoms with Crippen LogP contribution in [0.1, 0.15) is 26.7 Å². The molecule has 2 fully saturated rings. The van der Waals surface area contributed by atoms with Gasteiger partial charge in [-0.2, -0.15) is 11.8 Å². The number of rotatable bonds is 3. The molecule has 1 aliphatic carbocycles. The van der Waals surface area contributed by atoms with Gasteiger partial charge in [-0.3, -0.25) is 0 Å². The third kappa shape index (κ3) is 1.97. The molecule has 0 bridgehead atoms. The van der Waals surface area contributed by atoms with Crippen molar-refractivity contribution in [2.45, 2.75) is 38.8 Å². The topological polar surface area (TPSA) is 12.0 Å². The zero-order chi connectivity index (χ0) is 8.55. The van der Waals surface area contributed by atoms with Crippen LogP contribution in [-0.4, -0.2) is 23.6 Å². The van der Waals surface area contributed by atoms with Crippen LogP contribution in [0.3, 0.4) is 0 Å². The van der Waals surface area contributed by atoms with Crippen LogP contribution >= 0.6 is 11.8 Å². The quantitative estimate of drug-likeness (QED) is 0.723. The van der Waals surface area contributed by atoms with Crippen molar-refractivity contribution in [1.82, 2.24) is 5.32 Å². The molecule has 1 saturated heterocycles. The van der Waals surface area contributed by atoms with Gasteiger partial charge in [0.25, 0.3) is 0 Å². The number of thioether (sulfide) groups is 1. The molecule has 0 amide bonds. The van der Waals surface area contributed by atoms with Gasteiger partial charge in [0.15, 0.2) is 0 Å². The first-order chi connectivity index (χ1) is 5.77. The molecular formula is C10H19NS. The third-order valence-electron chi connectivity index (χ3n) is 3.17. The molecule has 1 aliphatic heterocycles. The Kier molecular flexibility index (Phi) is 2.66. The smallest absolute Gasteiger partial charge is 0.0194 e. The SMILES string of the molecule is CC1CSCC1NC(C)C1CC1. The van der Waals surface area contributed by atoms with E-state index in [2.05, 4.69) is 30.9 Å². The minimum absolute atomic E-state index is 0.774. The minimum atomic E-state index is 0.774. The lowest BCUT2D eigenvalue weighted by molar-refractivity contribution is 0.382. The molecule has 1 saturated carbocycles. The van der Waals surface area contributed by atoms with Crippen molar-refractivity contribution in [2.24, 2.45) is 11.8 Å². The van der Waals surface area contributed by atoms with Gasteiger partial charge in [-0.1, -0.05) is 6.92 Å².